The molecule has 2 amide bonds. The van der Waals surface area contributed by atoms with Gasteiger partial charge in [-0.3, -0.25) is 14.3 Å². The Hall–Kier alpha value is -3.90. The Kier molecular flexibility index (Phi) is 7.17. The third-order valence-corrected chi connectivity index (χ3v) is 5.53. The third kappa shape index (κ3) is 5.87. The number of rotatable bonds is 8. The molecule has 0 fully saturated rings. The molecule has 0 aliphatic rings. The van der Waals surface area contributed by atoms with E-state index in [0.29, 0.717) is 22.8 Å². The molecule has 0 aliphatic carbocycles. The van der Waals surface area contributed by atoms with Crippen LogP contribution in [0, 0.1) is 0 Å². The van der Waals surface area contributed by atoms with Gasteiger partial charge in [0, 0.05) is 18.1 Å². The summed E-state index contributed by atoms with van der Waals surface area (Å²) in [4.78, 5) is 25.9. The summed E-state index contributed by atoms with van der Waals surface area (Å²) in [5.41, 5.74) is 2.84. The van der Waals surface area contributed by atoms with E-state index >= 15 is 0 Å². The van der Waals surface area contributed by atoms with Gasteiger partial charge in [0.25, 0.3) is 5.91 Å². The molecule has 33 heavy (non-hydrogen) atoms. The number of carbonyl (C=O) groups is 2. The van der Waals surface area contributed by atoms with Crippen molar-refractivity contribution in [1.29, 1.82) is 0 Å². The predicted molar refractivity (Wildman–Crippen MR) is 129 cm³/mol. The summed E-state index contributed by atoms with van der Waals surface area (Å²) in [6, 6.07) is 25.2. The standard InChI is InChI=1S/C26H23ClN4O2/c27-22-13-6-5-12-21(22)26(33)30-24(19-9-2-1-3-10-19)17-25(32)29-23-14-7-4-11-20(23)18-31-16-8-15-28-31/h1-16,24H,17-18H2,(H,29,32)(H,30,33). The Bertz CT molecular complexity index is 1230. The normalized spacial score (nSPS) is 11.5. The fourth-order valence-corrected chi connectivity index (χ4v) is 3.78. The highest BCUT2D eigenvalue weighted by molar-refractivity contribution is 6.33. The molecule has 1 aromatic heterocycles. The van der Waals surface area contributed by atoms with Crippen molar-refractivity contribution in [2.24, 2.45) is 0 Å². The first-order chi connectivity index (χ1) is 16.1. The maximum absolute atomic E-state index is 13.0. The van der Waals surface area contributed by atoms with E-state index in [1.165, 1.54) is 0 Å². The second-order valence-electron chi connectivity index (χ2n) is 7.53. The maximum atomic E-state index is 13.0. The van der Waals surface area contributed by atoms with Gasteiger partial charge in [-0.1, -0.05) is 72.3 Å². The topological polar surface area (TPSA) is 76.0 Å². The van der Waals surface area contributed by atoms with Crippen LogP contribution < -0.4 is 10.6 Å². The predicted octanol–water partition coefficient (Wildman–Crippen LogP) is 5.08. The molecular weight excluding hydrogens is 436 g/mol. The molecule has 0 aliphatic heterocycles. The molecule has 1 atom stereocenters. The largest absolute Gasteiger partial charge is 0.345 e. The lowest BCUT2D eigenvalue weighted by atomic mass is 10.0. The number of aromatic nitrogens is 2. The fraction of sp³-hybridized carbons (Fsp3) is 0.115. The summed E-state index contributed by atoms with van der Waals surface area (Å²) in [6.07, 6.45) is 3.65. The van der Waals surface area contributed by atoms with E-state index < -0.39 is 6.04 Å². The van der Waals surface area contributed by atoms with Gasteiger partial charge < -0.3 is 10.6 Å². The Morgan fingerprint density at radius 1 is 0.909 bits per heavy atom. The summed E-state index contributed by atoms with van der Waals surface area (Å²) in [6.45, 7) is 0.537. The van der Waals surface area contributed by atoms with E-state index in [4.69, 9.17) is 11.6 Å². The number of amides is 2. The van der Waals surface area contributed by atoms with Crippen LogP contribution in [0.5, 0.6) is 0 Å². The molecule has 4 rings (SSSR count). The van der Waals surface area contributed by atoms with Crippen LogP contribution in [0.4, 0.5) is 5.69 Å². The van der Waals surface area contributed by atoms with Crippen LogP contribution >= 0.6 is 11.6 Å². The second-order valence-corrected chi connectivity index (χ2v) is 7.94. The van der Waals surface area contributed by atoms with Crippen molar-refractivity contribution in [1.82, 2.24) is 15.1 Å². The number of hydrogen-bond donors (Lipinski definition) is 2. The lowest BCUT2D eigenvalue weighted by Gasteiger charge is -2.20. The zero-order valence-corrected chi connectivity index (χ0v) is 18.6. The van der Waals surface area contributed by atoms with Gasteiger partial charge in [-0.05, 0) is 35.4 Å². The van der Waals surface area contributed by atoms with Crippen LogP contribution in [0.15, 0.2) is 97.3 Å². The van der Waals surface area contributed by atoms with Crippen LogP contribution in [-0.4, -0.2) is 21.6 Å². The van der Waals surface area contributed by atoms with Crippen molar-refractivity contribution in [3.05, 3.63) is 119 Å². The molecule has 0 bridgehead atoms. The lowest BCUT2D eigenvalue weighted by molar-refractivity contribution is -0.116. The minimum Gasteiger partial charge on any atom is -0.345 e. The van der Waals surface area contributed by atoms with Gasteiger partial charge in [-0.15, -0.1) is 0 Å². The van der Waals surface area contributed by atoms with E-state index in [-0.39, 0.29) is 18.2 Å². The first-order valence-electron chi connectivity index (χ1n) is 10.6. The molecule has 6 nitrogen and oxygen atoms in total. The Labute approximate surface area is 197 Å². The van der Waals surface area contributed by atoms with Crippen molar-refractivity contribution in [2.75, 3.05) is 5.32 Å². The zero-order chi connectivity index (χ0) is 23.0. The van der Waals surface area contributed by atoms with Gasteiger partial charge in [-0.25, -0.2) is 0 Å². The molecule has 2 N–H and O–H groups in total. The van der Waals surface area contributed by atoms with Gasteiger partial charge in [0.2, 0.25) is 5.91 Å². The number of benzene rings is 3. The van der Waals surface area contributed by atoms with Gasteiger partial charge in [0.05, 0.1) is 29.6 Å². The minimum absolute atomic E-state index is 0.0658. The van der Waals surface area contributed by atoms with Crippen LogP contribution in [0.1, 0.15) is 33.9 Å². The van der Waals surface area contributed by atoms with E-state index in [9.17, 15) is 9.59 Å². The Balaban J connectivity index is 1.51. The van der Waals surface area contributed by atoms with Crippen molar-refractivity contribution >= 4 is 29.1 Å². The summed E-state index contributed by atoms with van der Waals surface area (Å²) < 4.78 is 1.79. The summed E-state index contributed by atoms with van der Waals surface area (Å²) in [5.74, 6) is -0.544. The summed E-state index contributed by atoms with van der Waals surface area (Å²) in [7, 11) is 0. The highest BCUT2D eigenvalue weighted by Gasteiger charge is 2.21. The number of carbonyl (C=O) groups excluding carboxylic acids is 2. The summed E-state index contributed by atoms with van der Waals surface area (Å²) >= 11 is 6.19. The Morgan fingerprint density at radius 3 is 2.39 bits per heavy atom. The molecule has 166 valence electrons. The van der Waals surface area contributed by atoms with Crippen LogP contribution in [-0.2, 0) is 11.3 Å². The first-order valence-corrected chi connectivity index (χ1v) is 10.9. The van der Waals surface area contributed by atoms with Crippen molar-refractivity contribution < 1.29 is 9.59 Å². The number of nitrogens with one attached hydrogen (secondary N) is 2. The van der Waals surface area contributed by atoms with Crippen molar-refractivity contribution in [3.63, 3.8) is 0 Å². The van der Waals surface area contributed by atoms with Gasteiger partial charge in [0.1, 0.15) is 0 Å². The zero-order valence-electron chi connectivity index (χ0n) is 17.8. The average molecular weight is 459 g/mol. The molecule has 3 aromatic carbocycles. The van der Waals surface area contributed by atoms with E-state index in [1.807, 2.05) is 66.9 Å². The van der Waals surface area contributed by atoms with Crippen LogP contribution in [0.3, 0.4) is 0 Å². The number of anilines is 1. The fourth-order valence-electron chi connectivity index (χ4n) is 3.55. The SMILES string of the molecule is O=C(CC(NC(=O)c1ccccc1Cl)c1ccccc1)Nc1ccccc1Cn1cccn1. The molecule has 0 radical (unpaired) electrons. The molecule has 0 spiro atoms. The van der Waals surface area contributed by atoms with E-state index in [2.05, 4.69) is 15.7 Å². The Morgan fingerprint density at radius 2 is 1.64 bits per heavy atom. The molecule has 0 saturated carbocycles. The van der Waals surface area contributed by atoms with Crippen LogP contribution in [0.25, 0.3) is 0 Å². The average Bonchev–Trinajstić information content (AvgIpc) is 3.34. The number of nitrogens with zero attached hydrogens (tertiary/aromatic N) is 2. The van der Waals surface area contributed by atoms with Crippen LogP contribution in [0.2, 0.25) is 5.02 Å². The monoisotopic (exact) mass is 458 g/mol. The van der Waals surface area contributed by atoms with Crippen molar-refractivity contribution in [2.45, 2.75) is 19.0 Å². The number of halogens is 1. The lowest BCUT2D eigenvalue weighted by Crippen LogP contribution is -2.31. The molecule has 1 unspecified atom stereocenters. The van der Waals surface area contributed by atoms with E-state index in [0.717, 1.165) is 11.1 Å². The second kappa shape index (κ2) is 10.6. The van der Waals surface area contributed by atoms with Gasteiger partial charge in [-0.2, -0.15) is 5.10 Å². The molecular formula is C26H23ClN4O2. The maximum Gasteiger partial charge on any atom is 0.253 e. The highest BCUT2D eigenvalue weighted by Crippen LogP contribution is 2.22. The number of hydrogen-bond acceptors (Lipinski definition) is 3. The third-order valence-electron chi connectivity index (χ3n) is 5.20. The van der Waals surface area contributed by atoms with Gasteiger partial charge >= 0.3 is 0 Å². The van der Waals surface area contributed by atoms with Crippen molar-refractivity contribution in [3.8, 4) is 0 Å². The quantitative estimate of drug-likeness (QED) is 0.386. The number of para-hydroxylation sites is 1. The van der Waals surface area contributed by atoms with Gasteiger partial charge in [0.15, 0.2) is 0 Å². The smallest absolute Gasteiger partial charge is 0.253 e. The van der Waals surface area contributed by atoms with E-state index in [1.54, 1.807) is 35.1 Å². The molecule has 0 saturated heterocycles. The molecule has 7 heteroatoms. The molecule has 1 heterocycles. The minimum atomic E-state index is -0.520. The first kappa shape index (κ1) is 22.3. The summed E-state index contributed by atoms with van der Waals surface area (Å²) in [5, 5.41) is 10.5. The molecule has 4 aromatic rings. The highest BCUT2D eigenvalue weighted by atomic mass is 35.5.